The van der Waals surface area contributed by atoms with Crippen LogP contribution < -0.4 is 9.64 Å². The molecule has 0 radical (unpaired) electrons. The topological polar surface area (TPSA) is 82.0 Å². The average molecular weight is 570 g/mol. The van der Waals surface area contributed by atoms with Crippen LogP contribution in [0.15, 0.2) is 49.1 Å². The van der Waals surface area contributed by atoms with E-state index in [2.05, 4.69) is 62.4 Å². The summed E-state index contributed by atoms with van der Waals surface area (Å²) in [5.41, 5.74) is 3.36. The highest BCUT2D eigenvalue weighted by molar-refractivity contribution is 5.88. The van der Waals surface area contributed by atoms with Crippen LogP contribution in [0.1, 0.15) is 56.4 Å². The Balaban J connectivity index is 1.39. The van der Waals surface area contributed by atoms with Crippen molar-refractivity contribution >= 4 is 22.5 Å². The van der Waals surface area contributed by atoms with Crippen LogP contribution in [0.25, 0.3) is 10.8 Å². The molecule has 0 bridgehead atoms. The van der Waals surface area contributed by atoms with Crippen molar-refractivity contribution in [1.29, 1.82) is 0 Å². The molecule has 0 spiro atoms. The van der Waals surface area contributed by atoms with Crippen LogP contribution in [0.5, 0.6) is 11.8 Å². The summed E-state index contributed by atoms with van der Waals surface area (Å²) in [4.78, 5) is 29.2. The molecule has 2 aromatic carbocycles. The Bertz CT molecular complexity index is 1480. The Labute approximate surface area is 249 Å². The smallest absolute Gasteiger partial charge is 0.318 e. The molecule has 1 aliphatic carbocycles. The van der Waals surface area contributed by atoms with Crippen LogP contribution in [0.4, 0.5) is 5.82 Å². The first-order chi connectivity index (χ1) is 20.2. The van der Waals surface area contributed by atoms with Crippen LogP contribution >= 0.6 is 0 Å². The lowest BCUT2D eigenvalue weighted by Gasteiger charge is -2.46. The van der Waals surface area contributed by atoms with Gasteiger partial charge in [0.05, 0.1) is 5.69 Å². The fraction of sp³-hybridized carbons (Fsp3) is 0.500. The molecule has 2 fully saturated rings. The molecule has 0 saturated carbocycles. The summed E-state index contributed by atoms with van der Waals surface area (Å²) in [6, 6.07) is 13.0. The molecule has 1 amide bonds. The molecule has 8 heteroatoms. The number of phenolic OH excluding ortho intramolecular Hbond substituents is 1. The van der Waals surface area contributed by atoms with E-state index in [4.69, 9.17) is 14.7 Å². The summed E-state index contributed by atoms with van der Waals surface area (Å²) in [5.74, 6) is 1.72. The Hall–Kier alpha value is -3.65. The number of nitrogens with zero attached hydrogens (tertiary/aromatic N) is 5. The Morgan fingerprint density at radius 3 is 2.60 bits per heavy atom. The van der Waals surface area contributed by atoms with Crippen molar-refractivity contribution in [2.45, 2.75) is 70.5 Å². The van der Waals surface area contributed by atoms with Gasteiger partial charge in [-0.1, -0.05) is 37.8 Å². The highest BCUT2D eigenvalue weighted by Gasteiger charge is 2.38. The van der Waals surface area contributed by atoms with Crippen molar-refractivity contribution in [3.05, 3.63) is 65.9 Å². The number of likely N-dealkylation sites (tertiary alicyclic amines) is 1. The fourth-order valence-electron chi connectivity index (χ4n) is 7.48. The van der Waals surface area contributed by atoms with Crippen LogP contribution in [0, 0.1) is 5.92 Å². The fourth-order valence-corrected chi connectivity index (χ4v) is 7.48. The molecule has 0 unspecified atom stereocenters. The maximum absolute atomic E-state index is 12.5. The minimum Gasteiger partial charge on any atom is -0.508 e. The maximum Gasteiger partial charge on any atom is 0.318 e. The molecule has 6 rings (SSSR count). The Morgan fingerprint density at radius 2 is 1.88 bits per heavy atom. The van der Waals surface area contributed by atoms with E-state index in [-0.39, 0.29) is 23.9 Å². The van der Waals surface area contributed by atoms with Crippen LogP contribution in [-0.4, -0.2) is 82.2 Å². The number of aromatic nitrogens is 2. The minimum atomic E-state index is -0.0300. The number of aromatic hydroxyl groups is 1. The van der Waals surface area contributed by atoms with E-state index in [1.54, 1.807) is 0 Å². The standard InChI is InChI=1S/C34H43N5O3/c1-6-32(41)38-18-22(3)39(23(4)19-38)33-30-14-21(2)28(29-16-26(40)15-24-10-7-8-12-27(24)29)17-31(30)35-34(36-33)42-20-25-11-9-13-37(25)5/h6-8,10,12,15-16,21-23,25,28,40H,1,9,11,13-14,17-20H2,2-5H3/t21-,22-,23-,25-,28-/m0/s1. The molecule has 5 atom stereocenters. The zero-order chi connectivity index (χ0) is 29.5. The van der Waals surface area contributed by atoms with Crippen LogP contribution in [-0.2, 0) is 17.6 Å². The third-order valence-corrected chi connectivity index (χ3v) is 9.68. The molecular formula is C34H43N5O3. The molecule has 2 aliphatic heterocycles. The summed E-state index contributed by atoms with van der Waals surface area (Å²) in [6.07, 6.45) is 5.28. The number of anilines is 1. The number of phenols is 1. The highest BCUT2D eigenvalue weighted by Crippen LogP contribution is 2.44. The van der Waals surface area contributed by atoms with Gasteiger partial charge in [0.25, 0.3) is 0 Å². The van der Waals surface area contributed by atoms with E-state index < -0.39 is 0 Å². The third-order valence-electron chi connectivity index (χ3n) is 9.68. The first-order valence-electron chi connectivity index (χ1n) is 15.4. The number of rotatable bonds is 6. The predicted octanol–water partition coefficient (Wildman–Crippen LogP) is 4.94. The molecular weight excluding hydrogens is 526 g/mol. The Kier molecular flexibility index (Phi) is 7.83. The van der Waals surface area contributed by atoms with Crippen molar-refractivity contribution in [1.82, 2.24) is 19.8 Å². The van der Waals surface area contributed by atoms with Gasteiger partial charge < -0.3 is 24.5 Å². The van der Waals surface area contributed by atoms with Crippen molar-refractivity contribution in [2.75, 3.05) is 38.2 Å². The number of amides is 1. The van der Waals surface area contributed by atoms with E-state index in [9.17, 15) is 9.90 Å². The van der Waals surface area contributed by atoms with Gasteiger partial charge in [0.1, 0.15) is 18.2 Å². The normalized spacial score (nSPS) is 26.3. The number of likely N-dealkylation sites (N-methyl/N-ethyl adjacent to an activating group) is 1. The molecule has 3 aromatic rings. The second-order valence-electron chi connectivity index (χ2n) is 12.6. The second-order valence-corrected chi connectivity index (χ2v) is 12.6. The lowest BCUT2D eigenvalue weighted by molar-refractivity contribution is -0.127. The van der Waals surface area contributed by atoms with Gasteiger partial charge in [0.15, 0.2) is 0 Å². The molecule has 3 aliphatic rings. The summed E-state index contributed by atoms with van der Waals surface area (Å²) in [5, 5.41) is 12.8. The van der Waals surface area contributed by atoms with Crippen LogP contribution in [0.3, 0.4) is 0 Å². The number of hydrogen-bond acceptors (Lipinski definition) is 7. The first-order valence-corrected chi connectivity index (χ1v) is 15.4. The lowest BCUT2D eigenvalue weighted by Crippen LogP contribution is -2.58. The number of piperazine rings is 1. The van der Waals surface area contributed by atoms with Gasteiger partial charge in [-0.15, -0.1) is 0 Å². The molecule has 3 heterocycles. The summed E-state index contributed by atoms with van der Waals surface area (Å²) < 4.78 is 6.35. The maximum atomic E-state index is 12.5. The molecule has 1 aromatic heterocycles. The lowest BCUT2D eigenvalue weighted by atomic mass is 9.74. The SMILES string of the molecule is C=CC(=O)N1C[C@H](C)N(c2nc(OC[C@@H]3CCCN3C)nc3c2C[C@H](C)[C@@H](c2cc(O)cc4ccccc24)C3)[C@@H](C)C1. The number of ether oxygens (including phenoxy) is 1. The molecule has 222 valence electrons. The van der Waals surface area contributed by atoms with Crippen molar-refractivity contribution in [3.63, 3.8) is 0 Å². The summed E-state index contributed by atoms with van der Waals surface area (Å²) >= 11 is 0. The zero-order valence-electron chi connectivity index (χ0n) is 25.3. The molecule has 42 heavy (non-hydrogen) atoms. The number of benzene rings is 2. The largest absolute Gasteiger partial charge is 0.508 e. The van der Waals surface area contributed by atoms with Gasteiger partial charge in [-0.25, -0.2) is 0 Å². The number of carbonyl (C=O) groups is 1. The van der Waals surface area contributed by atoms with Gasteiger partial charge >= 0.3 is 6.01 Å². The van der Waals surface area contributed by atoms with Crippen molar-refractivity contribution in [3.8, 4) is 11.8 Å². The summed E-state index contributed by atoms with van der Waals surface area (Å²) in [6.45, 7) is 13.2. The monoisotopic (exact) mass is 569 g/mol. The summed E-state index contributed by atoms with van der Waals surface area (Å²) in [7, 11) is 2.15. The van der Waals surface area contributed by atoms with Gasteiger partial charge in [0.2, 0.25) is 5.91 Å². The van der Waals surface area contributed by atoms with Crippen LogP contribution in [0.2, 0.25) is 0 Å². The van der Waals surface area contributed by atoms with Crippen molar-refractivity contribution in [2.24, 2.45) is 5.92 Å². The second kappa shape index (κ2) is 11.6. The van der Waals surface area contributed by atoms with E-state index in [0.717, 1.165) is 48.3 Å². The number of carbonyl (C=O) groups excluding carboxylic acids is 1. The predicted molar refractivity (Wildman–Crippen MR) is 166 cm³/mol. The number of fused-ring (bicyclic) bond motifs is 2. The van der Waals surface area contributed by atoms with Gasteiger partial charge in [-0.05, 0) is 99.5 Å². The molecule has 2 saturated heterocycles. The highest BCUT2D eigenvalue weighted by atomic mass is 16.5. The van der Waals surface area contributed by atoms with E-state index in [1.807, 2.05) is 23.1 Å². The zero-order valence-corrected chi connectivity index (χ0v) is 25.3. The third kappa shape index (κ3) is 5.33. The van der Waals surface area contributed by atoms with Gasteiger partial charge in [0, 0.05) is 36.8 Å². The average Bonchev–Trinajstić information content (AvgIpc) is 3.39. The number of hydrogen-bond donors (Lipinski definition) is 1. The first kappa shape index (κ1) is 28.5. The molecule has 1 N–H and O–H groups in total. The van der Waals surface area contributed by atoms with Crippen molar-refractivity contribution < 1.29 is 14.6 Å². The Morgan fingerprint density at radius 1 is 1.12 bits per heavy atom. The van der Waals surface area contributed by atoms with E-state index in [1.165, 1.54) is 23.4 Å². The quantitative estimate of drug-likeness (QED) is 0.421. The van der Waals surface area contributed by atoms with E-state index >= 15 is 0 Å². The van der Waals surface area contributed by atoms with Gasteiger partial charge in [-0.2, -0.15) is 9.97 Å². The molecule has 8 nitrogen and oxygen atoms in total. The minimum absolute atomic E-state index is 0.0300. The van der Waals surface area contributed by atoms with Gasteiger partial charge in [-0.3, -0.25) is 4.79 Å². The van der Waals surface area contributed by atoms with E-state index in [0.29, 0.717) is 43.4 Å².